The van der Waals surface area contributed by atoms with Crippen LogP contribution in [0.5, 0.6) is 11.5 Å². The van der Waals surface area contributed by atoms with E-state index in [9.17, 15) is 9.59 Å². The summed E-state index contributed by atoms with van der Waals surface area (Å²) in [4.78, 5) is 37.9. The topological polar surface area (TPSA) is 113 Å². The molecule has 0 bridgehead atoms. The zero-order valence-electron chi connectivity index (χ0n) is 24.3. The van der Waals surface area contributed by atoms with Crippen molar-refractivity contribution in [2.45, 2.75) is 45.1 Å². The summed E-state index contributed by atoms with van der Waals surface area (Å²) >= 11 is 11.2. The molecule has 0 radical (unpaired) electrons. The maximum absolute atomic E-state index is 12.6. The average Bonchev–Trinajstić information content (AvgIpc) is 3.43. The fourth-order valence-electron chi connectivity index (χ4n) is 4.13. The van der Waals surface area contributed by atoms with Crippen LogP contribution in [0.4, 0.5) is 15.7 Å². The molecule has 0 atom stereocenters. The molecule has 1 saturated heterocycles. The van der Waals surface area contributed by atoms with Crippen molar-refractivity contribution < 1.29 is 19.1 Å². The van der Waals surface area contributed by atoms with Crippen LogP contribution in [0, 0.1) is 0 Å². The van der Waals surface area contributed by atoms with Gasteiger partial charge in [0.25, 0.3) is 5.91 Å². The molecule has 1 aromatic carbocycles. The third-order valence-corrected chi connectivity index (χ3v) is 8.26. The number of amides is 2. The predicted molar refractivity (Wildman–Crippen MR) is 167 cm³/mol. The summed E-state index contributed by atoms with van der Waals surface area (Å²) < 4.78 is 17.8. The van der Waals surface area contributed by atoms with Gasteiger partial charge < -0.3 is 24.6 Å². The molecule has 3 aromatic rings. The van der Waals surface area contributed by atoms with E-state index >= 15 is 0 Å². The number of likely N-dealkylation sites (N-methyl/N-ethyl adjacent to an activating group) is 1. The molecule has 11 nitrogen and oxygen atoms in total. The Labute approximate surface area is 263 Å². The average molecular weight is 681 g/mol. The Morgan fingerprint density at radius 1 is 1.19 bits per heavy atom. The second-order valence-electron chi connectivity index (χ2n) is 11.1. The van der Waals surface area contributed by atoms with Gasteiger partial charge in [-0.05, 0) is 72.0 Å². The van der Waals surface area contributed by atoms with E-state index in [0.717, 1.165) is 25.2 Å². The van der Waals surface area contributed by atoms with Gasteiger partial charge in [-0.25, -0.2) is 18.7 Å². The number of nitrogens with zero attached hydrogens (tertiary/aromatic N) is 6. The second kappa shape index (κ2) is 14.0. The van der Waals surface area contributed by atoms with Crippen molar-refractivity contribution >= 4 is 62.2 Å². The first-order valence-corrected chi connectivity index (χ1v) is 15.4. The van der Waals surface area contributed by atoms with Crippen molar-refractivity contribution in [3.63, 3.8) is 0 Å². The standard InChI is InChI=1S/C28H35BrClN7O4S/c1-28(2,3)41-27(39)36-13-9-18(10-14-36)24-33-26(42-34-24)37(29)23-17-20(8-11-31-23)40-22-16-19(6-7-21(22)30)25(38)32-12-15-35(4)5/h6-8,11,16-18H,9-10,12-15H2,1-5H3,(H,32,38). The van der Waals surface area contributed by atoms with Crippen molar-refractivity contribution in [2.75, 3.05) is 44.2 Å². The van der Waals surface area contributed by atoms with E-state index in [2.05, 4.69) is 30.8 Å². The number of piperidine rings is 1. The van der Waals surface area contributed by atoms with Crippen LogP contribution in [0.15, 0.2) is 36.5 Å². The molecular formula is C28H35BrClN7O4S. The Hall–Kier alpha value is -3.00. The lowest BCUT2D eigenvalue weighted by Gasteiger charge is -2.32. The van der Waals surface area contributed by atoms with Crippen LogP contribution in [0.2, 0.25) is 5.02 Å². The highest BCUT2D eigenvalue weighted by atomic mass is 79.9. The zero-order valence-corrected chi connectivity index (χ0v) is 27.4. The lowest BCUT2D eigenvalue weighted by Crippen LogP contribution is -2.41. The number of carbonyl (C=O) groups is 2. The molecule has 14 heteroatoms. The molecule has 0 aliphatic carbocycles. The minimum Gasteiger partial charge on any atom is -0.456 e. The SMILES string of the molecule is CN(C)CCNC(=O)c1ccc(Cl)c(Oc2ccnc(N(Br)c3nc(C4CCN(C(=O)OC(C)(C)C)CC4)ns3)c2)c1. The van der Waals surface area contributed by atoms with Gasteiger partial charge in [-0.2, -0.15) is 4.37 Å². The Bertz CT molecular complexity index is 1390. The first kappa shape index (κ1) is 31.9. The normalized spacial score (nSPS) is 14.1. The zero-order chi connectivity index (χ0) is 30.4. The third kappa shape index (κ3) is 8.76. The van der Waals surface area contributed by atoms with Crippen molar-refractivity contribution in [1.29, 1.82) is 0 Å². The quantitative estimate of drug-likeness (QED) is 0.263. The number of carbonyl (C=O) groups excluding carboxylic acids is 2. The van der Waals surface area contributed by atoms with Crippen molar-refractivity contribution in [2.24, 2.45) is 0 Å². The lowest BCUT2D eigenvalue weighted by atomic mass is 9.96. The Morgan fingerprint density at radius 2 is 1.93 bits per heavy atom. The maximum Gasteiger partial charge on any atom is 0.410 e. The van der Waals surface area contributed by atoms with E-state index in [1.165, 1.54) is 11.5 Å². The van der Waals surface area contributed by atoms with Crippen LogP contribution >= 0.6 is 39.3 Å². The number of aromatic nitrogens is 3. The molecule has 2 aromatic heterocycles. The molecular weight excluding hydrogens is 646 g/mol. The Balaban J connectivity index is 1.38. The first-order chi connectivity index (χ1) is 19.9. The lowest BCUT2D eigenvalue weighted by molar-refractivity contribution is 0.0203. The molecule has 0 saturated carbocycles. The van der Waals surface area contributed by atoms with Crippen LogP contribution in [-0.4, -0.2) is 82.0 Å². The Morgan fingerprint density at radius 3 is 2.62 bits per heavy atom. The monoisotopic (exact) mass is 679 g/mol. The number of nitrogens with one attached hydrogen (secondary N) is 1. The molecule has 0 spiro atoms. The number of benzene rings is 1. The van der Waals surface area contributed by atoms with Crippen LogP contribution in [0.3, 0.4) is 0 Å². The molecule has 4 rings (SSSR count). The highest BCUT2D eigenvalue weighted by Crippen LogP contribution is 2.36. The number of likely N-dealkylation sites (tertiary alicyclic amines) is 1. The number of rotatable bonds is 9. The van der Waals surface area contributed by atoms with Crippen LogP contribution in [-0.2, 0) is 4.74 Å². The van der Waals surface area contributed by atoms with E-state index in [0.29, 0.717) is 52.7 Å². The van der Waals surface area contributed by atoms with E-state index in [1.54, 1.807) is 45.4 Å². The molecule has 1 fully saturated rings. The molecule has 1 aliphatic heterocycles. The fourth-order valence-corrected chi connectivity index (χ4v) is 5.42. The molecule has 2 amide bonds. The van der Waals surface area contributed by atoms with Gasteiger partial charge in [0.05, 0.1) is 21.2 Å². The smallest absolute Gasteiger partial charge is 0.410 e. The van der Waals surface area contributed by atoms with E-state index in [1.807, 2.05) is 39.8 Å². The van der Waals surface area contributed by atoms with Gasteiger partial charge in [-0.1, -0.05) is 11.6 Å². The van der Waals surface area contributed by atoms with Crippen LogP contribution < -0.4 is 14.0 Å². The second-order valence-corrected chi connectivity index (χ2v) is 13.0. The van der Waals surface area contributed by atoms with E-state index in [4.69, 9.17) is 26.1 Å². The molecule has 1 aliphatic rings. The summed E-state index contributed by atoms with van der Waals surface area (Å²) in [7, 11) is 3.89. The van der Waals surface area contributed by atoms with Crippen LogP contribution in [0.25, 0.3) is 0 Å². The molecule has 1 N–H and O–H groups in total. The summed E-state index contributed by atoms with van der Waals surface area (Å²) in [6, 6.07) is 8.35. The number of hydrogen-bond acceptors (Lipinski definition) is 10. The van der Waals surface area contributed by atoms with Gasteiger partial charge in [0.1, 0.15) is 28.7 Å². The Kier molecular flexibility index (Phi) is 10.6. The molecule has 226 valence electrons. The number of anilines is 2. The summed E-state index contributed by atoms with van der Waals surface area (Å²) in [5.74, 6) is 2.04. The first-order valence-electron chi connectivity index (χ1n) is 13.5. The molecule has 42 heavy (non-hydrogen) atoms. The molecule has 0 unspecified atom stereocenters. The van der Waals surface area contributed by atoms with Crippen molar-refractivity contribution in [1.82, 2.24) is 29.5 Å². The number of pyridine rings is 1. The van der Waals surface area contributed by atoms with Crippen molar-refractivity contribution in [3.8, 4) is 11.5 Å². The fraction of sp³-hybridized carbons (Fsp3) is 0.464. The highest BCUT2D eigenvalue weighted by Gasteiger charge is 2.29. The van der Waals surface area contributed by atoms with Gasteiger partial charge in [-0.15, -0.1) is 0 Å². The minimum atomic E-state index is -0.520. The van der Waals surface area contributed by atoms with Gasteiger partial charge >= 0.3 is 6.09 Å². The summed E-state index contributed by atoms with van der Waals surface area (Å²) in [6.07, 6.45) is 2.84. The predicted octanol–water partition coefficient (Wildman–Crippen LogP) is 6.23. The summed E-state index contributed by atoms with van der Waals surface area (Å²) in [5.41, 5.74) is -0.0733. The number of ether oxygens (including phenoxy) is 2. The van der Waals surface area contributed by atoms with Crippen molar-refractivity contribution in [3.05, 3.63) is 52.9 Å². The third-order valence-electron chi connectivity index (χ3n) is 6.29. The van der Waals surface area contributed by atoms with E-state index < -0.39 is 5.60 Å². The number of halogens is 2. The summed E-state index contributed by atoms with van der Waals surface area (Å²) in [6.45, 7) is 8.03. The van der Waals surface area contributed by atoms with Gasteiger partial charge in [0.2, 0.25) is 5.13 Å². The minimum absolute atomic E-state index is 0.145. The highest BCUT2D eigenvalue weighted by molar-refractivity contribution is 9.10. The molecule has 3 heterocycles. The van der Waals surface area contributed by atoms with Gasteiger partial charge in [0.15, 0.2) is 0 Å². The van der Waals surface area contributed by atoms with Crippen LogP contribution in [0.1, 0.15) is 55.7 Å². The van der Waals surface area contributed by atoms with E-state index in [-0.39, 0.29) is 17.9 Å². The number of hydrogen-bond donors (Lipinski definition) is 1. The summed E-state index contributed by atoms with van der Waals surface area (Å²) in [5, 5.41) is 3.87. The van der Waals surface area contributed by atoms with Gasteiger partial charge in [-0.3, -0.25) is 4.79 Å². The van der Waals surface area contributed by atoms with Gasteiger partial charge in [0, 0.05) is 61.5 Å². The maximum atomic E-state index is 12.6. The largest absolute Gasteiger partial charge is 0.456 e.